The highest BCUT2D eigenvalue weighted by Gasteiger charge is 2.08. The number of hydrogen-bond acceptors (Lipinski definition) is 4. The topological polar surface area (TPSA) is 67.9 Å². The maximum atomic E-state index is 11.4. The fourth-order valence-corrected chi connectivity index (χ4v) is 2.06. The zero-order chi connectivity index (χ0) is 13.2. The molecule has 1 N–H and O–H groups in total. The predicted octanol–water partition coefficient (Wildman–Crippen LogP) is 2.72. The van der Waals surface area contributed by atoms with Gasteiger partial charge in [0.1, 0.15) is 9.32 Å². The Bertz CT molecular complexity index is 801. The van der Waals surface area contributed by atoms with Gasteiger partial charge in [-0.3, -0.25) is 9.78 Å². The van der Waals surface area contributed by atoms with Crippen molar-refractivity contribution in [2.45, 2.75) is 0 Å². The fraction of sp³-hybridized carbons (Fsp3) is 0. The summed E-state index contributed by atoms with van der Waals surface area (Å²) in [6, 6.07) is 9.60. The van der Waals surface area contributed by atoms with Crippen molar-refractivity contribution >= 4 is 33.5 Å². The highest BCUT2D eigenvalue weighted by molar-refractivity contribution is 14.1. The first-order valence-corrected chi connectivity index (χ1v) is 6.58. The van der Waals surface area contributed by atoms with Gasteiger partial charge >= 0.3 is 0 Å². The van der Waals surface area contributed by atoms with E-state index in [9.17, 15) is 4.79 Å². The molecule has 3 rings (SSSR count). The predicted molar refractivity (Wildman–Crippen MR) is 79.4 cm³/mol. The van der Waals surface area contributed by atoms with E-state index in [1.807, 2.05) is 52.9 Å². The van der Waals surface area contributed by atoms with E-state index >= 15 is 0 Å². The lowest BCUT2D eigenvalue weighted by Gasteiger charge is -2.06. The molecule has 19 heavy (non-hydrogen) atoms. The lowest BCUT2D eigenvalue weighted by molar-refractivity contribution is 0.455. The number of para-hydroxylation sites is 1. The molecule has 0 atom stereocenters. The van der Waals surface area contributed by atoms with E-state index in [1.54, 1.807) is 6.20 Å². The summed E-state index contributed by atoms with van der Waals surface area (Å²) in [6.07, 6.45) is 2.93. The number of nitrogens with one attached hydrogen (secondary N) is 1. The third-order valence-electron chi connectivity index (χ3n) is 2.54. The standard InChI is InChI=1S/C13H8IN3O2/c14-11-12(18)16-7-17-13(11)19-9-5-8-3-1-2-4-10(8)15-6-9/h1-7H,(H,16,17,18). The molecule has 0 radical (unpaired) electrons. The van der Waals surface area contributed by atoms with Crippen LogP contribution in [-0.2, 0) is 0 Å². The quantitative estimate of drug-likeness (QED) is 0.710. The van der Waals surface area contributed by atoms with Crippen LogP contribution in [0, 0.1) is 3.57 Å². The van der Waals surface area contributed by atoms with Crippen LogP contribution in [0.15, 0.2) is 47.7 Å². The zero-order valence-corrected chi connectivity index (χ0v) is 11.8. The fourth-order valence-electron chi connectivity index (χ4n) is 1.66. The molecule has 0 saturated heterocycles. The SMILES string of the molecule is O=c1[nH]cnc(Oc2cnc3ccccc3c2)c1I. The van der Waals surface area contributed by atoms with Crippen molar-refractivity contribution in [3.8, 4) is 11.6 Å². The zero-order valence-electron chi connectivity index (χ0n) is 9.63. The van der Waals surface area contributed by atoms with E-state index in [0.717, 1.165) is 10.9 Å². The van der Waals surface area contributed by atoms with Gasteiger partial charge in [-0.05, 0) is 34.7 Å². The summed E-state index contributed by atoms with van der Waals surface area (Å²) in [6.45, 7) is 0. The first kappa shape index (κ1) is 12.1. The first-order chi connectivity index (χ1) is 9.24. The van der Waals surface area contributed by atoms with Crippen molar-refractivity contribution in [1.82, 2.24) is 15.0 Å². The molecule has 0 saturated carbocycles. The van der Waals surface area contributed by atoms with Gasteiger partial charge in [0.15, 0.2) is 0 Å². The molecule has 6 heteroatoms. The van der Waals surface area contributed by atoms with Crippen LogP contribution >= 0.6 is 22.6 Å². The molecule has 3 aromatic rings. The monoisotopic (exact) mass is 365 g/mol. The number of pyridine rings is 1. The molecule has 0 aliphatic carbocycles. The van der Waals surface area contributed by atoms with Crippen LogP contribution < -0.4 is 10.3 Å². The Morgan fingerprint density at radius 2 is 2.05 bits per heavy atom. The minimum atomic E-state index is -0.223. The van der Waals surface area contributed by atoms with E-state index in [1.165, 1.54) is 6.33 Å². The van der Waals surface area contributed by atoms with Gasteiger partial charge < -0.3 is 9.72 Å². The van der Waals surface area contributed by atoms with E-state index in [2.05, 4.69) is 15.0 Å². The van der Waals surface area contributed by atoms with Gasteiger partial charge in [0.2, 0.25) is 5.88 Å². The van der Waals surface area contributed by atoms with Crippen LogP contribution in [0.4, 0.5) is 0 Å². The smallest absolute Gasteiger partial charge is 0.268 e. The number of hydrogen-bond donors (Lipinski definition) is 1. The van der Waals surface area contributed by atoms with Crippen LogP contribution in [0.1, 0.15) is 0 Å². The number of halogens is 1. The average Bonchev–Trinajstić information content (AvgIpc) is 2.44. The number of aromatic amines is 1. The number of fused-ring (bicyclic) bond motifs is 1. The maximum absolute atomic E-state index is 11.4. The molecule has 0 unspecified atom stereocenters. The maximum Gasteiger partial charge on any atom is 0.268 e. The summed E-state index contributed by atoms with van der Waals surface area (Å²) in [5.41, 5.74) is 0.669. The molecule has 0 amide bonds. The van der Waals surface area contributed by atoms with E-state index < -0.39 is 0 Å². The molecule has 0 bridgehead atoms. The van der Waals surface area contributed by atoms with Crippen molar-refractivity contribution in [3.63, 3.8) is 0 Å². The summed E-state index contributed by atoms with van der Waals surface area (Å²) in [5.74, 6) is 0.830. The second-order valence-electron chi connectivity index (χ2n) is 3.82. The summed E-state index contributed by atoms with van der Waals surface area (Å²) < 4.78 is 6.01. The number of benzene rings is 1. The Morgan fingerprint density at radius 1 is 1.21 bits per heavy atom. The molecule has 0 aliphatic rings. The van der Waals surface area contributed by atoms with Gasteiger partial charge in [-0.1, -0.05) is 18.2 Å². The Kier molecular flexibility index (Phi) is 3.16. The average molecular weight is 365 g/mol. The Hall–Kier alpha value is -1.96. The highest BCUT2D eigenvalue weighted by Crippen LogP contribution is 2.24. The van der Waals surface area contributed by atoms with Gasteiger partial charge in [0, 0.05) is 5.39 Å². The van der Waals surface area contributed by atoms with Crippen molar-refractivity contribution in [3.05, 3.63) is 56.8 Å². The minimum absolute atomic E-state index is 0.223. The molecule has 0 aliphatic heterocycles. The van der Waals surface area contributed by atoms with E-state index in [-0.39, 0.29) is 11.4 Å². The van der Waals surface area contributed by atoms with Gasteiger partial charge in [0.25, 0.3) is 5.56 Å². The third-order valence-corrected chi connectivity index (χ3v) is 3.50. The third kappa shape index (κ3) is 2.43. The highest BCUT2D eigenvalue weighted by atomic mass is 127. The number of rotatable bonds is 2. The number of ether oxygens (including phenoxy) is 1. The van der Waals surface area contributed by atoms with Gasteiger partial charge in [-0.25, -0.2) is 4.98 Å². The number of aromatic nitrogens is 3. The minimum Gasteiger partial charge on any atom is -0.436 e. The van der Waals surface area contributed by atoms with Crippen molar-refractivity contribution in [2.75, 3.05) is 0 Å². The lowest BCUT2D eigenvalue weighted by Crippen LogP contribution is -2.11. The van der Waals surface area contributed by atoms with Crippen molar-refractivity contribution < 1.29 is 4.74 Å². The summed E-state index contributed by atoms with van der Waals surface area (Å²) in [4.78, 5) is 22.2. The van der Waals surface area contributed by atoms with Crippen molar-refractivity contribution in [2.24, 2.45) is 0 Å². The molecule has 2 heterocycles. The number of H-pyrrole nitrogens is 1. The Morgan fingerprint density at radius 3 is 2.95 bits per heavy atom. The van der Waals surface area contributed by atoms with Crippen LogP contribution in [-0.4, -0.2) is 15.0 Å². The van der Waals surface area contributed by atoms with Gasteiger partial charge in [0.05, 0.1) is 18.0 Å². The molecular weight excluding hydrogens is 357 g/mol. The molecule has 0 spiro atoms. The van der Waals surface area contributed by atoms with Crippen LogP contribution in [0.2, 0.25) is 0 Å². The second-order valence-corrected chi connectivity index (χ2v) is 4.90. The largest absolute Gasteiger partial charge is 0.436 e. The Balaban J connectivity index is 2.01. The summed E-state index contributed by atoms with van der Waals surface area (Å²) in [7, 11) is 0. The van der Waals surface area contributed by atoms with E-state index in [4.69, 9.17) is 4.74 Å². The van der Waals surface area contributed by atoms with Gasteiger partial charge in [-0.2, -0.15) is 0 Å². The van der Waals surface area contributed by atoms with Gasteiger partial charge in [-0.15, -0.1) is 0 Å². The summed E-state index contributed by atoms with van der Waals surface area (Å²) >= 11 is 1.90. The van der Waals surface area contributed by atoms with Crippen LogP contribution in [0.25, 0.3) is 10.9 Å². The molecule has 5 nitrogen and oxygen atoms in total. The molecule has 2 aromatic heterocycles. The molecular formula is C13H8IN3O2. The Labute approximate surface area is 121 Å². The normalized spacial score (nSPS) is 10.6. The van der Waals surface area contributed by atoms with E-state index in [0.29, 0.717) is 9.32 Å². The first-order valence-electron chi connectivity index (χ1n) is 5.50. The van der Waals surface area contributed by atoms with Crippen LogP contribution in [0.5, 0.6) is 11.6 Å². The van der Waals surface area contributed by atoms with Crippen molar-refractivity contribution in [1.29, 1.82) is 0 Å². The number of nitrogens with zero attached hydrogens (tertiary/aromatic N) is 2. The molecule has 0 fully saturated rings. The molecule has 1 aromatic carbocycles. The lowest BCUT2D eigenvalue weighted by atomic mass is 10.2. The molecule has 94 valence electrons. The van der Waals surface area contributed by atoms with Crippen LogP contribution in [0.3, 0.4) is 0 Å². The summed E-state index contributed by atoms with van der Waals surface area (Å²) in [5, 5.41) is 0.972. The second kappa shape index (κ2) is 4.96.